The molecule has 9 heteroatoms. The first-order valence-corrected chi connectivity index (χ1v) is 10.8. The molecule has 0 bridgehead atoms. The van der Waals surface area contributed by atoms with Gasteiger partial charge in [0.1, 0.15) is 28.9 Å². The maximum absolute atomic E-state index is 12.4. The third-order valence-corrected chi connectivity index (χ3v) is 6.58. The van der Waals surface area contributed by atoms with Gasteiger partial charge in [0, 0.05) is 27.1 Å². The number of nitrogens with one attached hydrogen (secondary N) is 1. The van der Waals surface area contributed by atoms with Crippen molar-refractivity contribution in [3.05, 3.63) is 69.1 Å². The van der Waals surface area contributed by atoms with Gasteiger partial charge < -0.3 is 14.8 Å². The lowest BCUT2D eigenvalue weighted by molar-refractivity contribution is -0.143. The summed E-state index contributed by atoms with van der Waals surface area (Å²) in [5, 5.41) is 4.79. The fourth-order valence-corrected chi connectivity index (χ4v) is 4.63. The summed E-state index contributed by atoms with van der Waals surface area (Å²) in [5.74, 6) is -0.358. The highest BCUT2D eigenvalue weighted by Gasteiger charge is 2.18. The van der Waals surface area contributed by atoms with Crippen molar-refractivity contribution in [1.82, 2.24) is 10.3 Å². The summed E-state index contributed by atoms with van der Waals surface area (Å²) in [4.78, 5) is 29.2. The molecule has 0 spiro atoms. The van der Waals surface area contributed by atoms with Crippen LogP contribution in [-0.2, 0) is 16.1 Å². The Morgan fingerprint density at radius 2 is 1.94 bits per heavy atom. The molecule has 6 nitrogen and oxygen atoms in total. The van der Waals surface area contributed by atoms with E-state index in [1.807, 2.05) is 36.4 Å². The molecule has 2 aromatic heterocycles. The number of hydrogen-bond donors (Lipinski definition) is 1. The van der Waals surface area contributed by atoms with Crippen molar-refractivity contribution in [3.63, 3.8) is 0 Å². The van der Waals surface area contributed by atoms with Crippen molar-refractivity contribution in [1.29, 1.82) is 0 Å². The second kappa shape index (κ2) is 9.09. The van der Waals surface area contributed by atoms with E-state index >= 15 is 0 Å². The monoisotopic (exact) mass is 474 g/mol. The maximum atomic E-state index is 12.4. The van der Waals surface area contributed by atoms with Crippen LogP contribution in [0.1, 0.15) is 15.2 Å². The van der Waals surface area contributed by atoms with E-state index in [9.17, 15) is 9.59 Å². The second-order valence-electron chi connectivity index (χ2n) is 6.58. The van der Waals surface area contributed by atoms with Gasteiger partial charge in [0.25, 0.3) is 5.91 Å². The van der Waals surface area contributed by atoms with Gasteiger partial charge >= 0.3 is 5.97 Å². The number of ether oxygens (including phenoxy) is 2. The van der Waals surface area contributed by atoms with Crippen LogP contribution in [0.15, 0.2) is 48.5 Å². The summed E-state index contributed by atoms with van der Waals surface area (Å²) >= 11 is 13.8. The Labute approximate surface area is 191 Å². The molecule has 4 rings (SSSR count). The normalized spacial score (nSPS) is 10.9. The number of halogens is 2. The van der Waals surface area contributed by atoms with Gasteiger partial charge in [0.15, 0.2) is 0 Å². The van der Waals surface area contributed by atoms with Gasteiger partial charge in [-0.1, -0.05) is 41.4 Å². The lowest BCUT2D eigenvalue weighted by Gasteiger charge is -2.09. The van der Waals surface area contributed by atoms with Crippen molar-refractivity contribution in [2.24, 2.45) is 0 Å². The van der Waals surface area contributed by atoms with E-state index in [0.29, 0.717) is 26.7 Å². The van der Waals surface area contributed by atoms with Crippen LogP contribution in [0.2, 0.25) is 10.2 Å². The Balaban J connectivity index is 1.37. The quantitative estimate of drug-likeness (QED) is 0.305. The predicted octanol–water partition coefficient (Wildman–Crippen LogP) is 5.24. The zero-order valence-corrected chi connectivity index (χ0v) is 18.6. The number of benzene rings is 2. The van der Waals surface area contributed by atoms with Crippen molar-refractivity contribution < 1.29 is 19.1 Å². The molecule has 0 saturated heterocycles. The minimum Gasteiger partial charge on any atom is -0.497 e. The summed E-state index contributed by atoms with van der Waals surface area (Å²) in [5.41, 5.74) is 1.23. The molecule has 0 aliphatic carbocycles. The number of methoxy groups -OCH3 is 1. The highest BCUT2D eigenvalue weighted by Crippen LogP contribution is 2.35. The third kappa shape index (κ3) is 4.58. The SMILES string of the molecule is COc1ccc2cc(COC(=O)CNC(=O)c3sc4ccccc4c3Cl)c(Cl)nc2c1. The van der Waals surface area contributed by atoms with Crippen LogP contribution < -0.4 is 10.1 Å². The second-order valence-corrected chi connectivity index (χ2v) is 8.37. The maximum Gasteiger partial charge on any atom is 0.325 e. The fourth-order valence-electron chi connectivity index (χ4n) is 3.00. The first kappa shape index (κ1) is 21.4. The number of aromatic nitrogens is 1. The topological polar surface area (TPSA) is 77.5 Å². The van der Waals surface area contributed by atoms with Crippen molar-refractivity contribution in [2.75, 3.05) is 13.7 Å². The number of nitrogens with zero attached hydrogens (tertiary/aromatic N) is 1. The Bertz CT molecular complexity index is 1310. The van der Waals surface area contributed by atoms with Gasteiger partial charge in [0.2, 0.25) is 0 Å². The number of amides is 1. The summed E-state index contributed by atoms with van der Waals surface area (Å²) in [6.07, 6.45) is 0. The van der Waals surface area contributed by atoms with Gasteiger partial charge in [-0.25, -0.2) is 4.98 Å². The van der Waals surface area contributed by atoms with Crippen molar-refractivity contribution in [3.8, 4) is 5.75 Å². The average Bonchev–Trinajstić information content (AvgIpc) is 3.12. The summed E-state index contributed by atoms with van der Waals surface area (Å²) in [7, 11) is 1.57. The number of esters is 1. The molecule has 158 valence electrons. The highest BCUT2D eigenvalue weighted by atomic mass is 35.5. The molecular formula is C22H16Cl2N2O4S. The molecule has 2 heterocycles. The largest absolute Gasteiger partial charge is 0.497 e. The number of carbonyl (C=O) groups excluding carboxylic acids is 2. The Morgan fingerprint density at radius 1 is 1.13 bits per heavy atom. The minimum absolute atomic E-state index is 0.0633. The van der Waals surface area contributed by atoms with E-state index in [1.165, 1.54) is 11.3 Å². The summed E-state index contributed by atoms with van der Waals surface area (Å²) in [6, 6.07) is 14.7. The lowest BCUT2D eigenvalue weighted by atomic mass is 10.1. The molecule has 0 fully saturated rings. The van der Waals surface area contributed by atoms with E-state index in [0.717, 1.165) is 15.5 Å². The molecule has 0 atom stereocenters. The smallest absolute Gasteiger partial charge is 0.325 e. The van der Waals surface area contributed by atoms with Gasteiger partial charge in [-0.15, -0.1) is 11.3 Å². The molecule has 2 aromatic carbocycles. The van der Waals surface area contributed by atoms with E-state index < -0.39 is 11.9 Å². The van der Waals surface area contributed by atoms with Crippen LogP contribution in [0.3, 0.4) is 0 Å². The molecule has 0 aliphatic heterocycles. The van der Waals surface area contributed by atoms with Gasteiger partial charge in [-0.3, -0.25) is 9.59 Å². The molecule has 31 heavy (non-hydrogen) atoms. The lowest BCUT2D eigenvalue weighted by Crippen LogP contribution is -2.30. The highest BCUT2D eigenvalue weighted by molar-refractivity contribution is 7.21. The number of hydrogen-bond acceptors (Lipinski definition) is 6. The Morgan fingerprint density at radius 3 is 2.71 bits per heavy atom. The van der Waals surface area contributed by atoms with Crippen LogP contribution in [0.5, 0.6) is 5.75 Å². The molecule has 0 aliphatic rings. The van der Waals surface area contributed by atoms with Crippen molar-refractivity contribution >= 4 is 67.4 Å². The molecule has 0 saturated carbocycles. The molecule has 0 radical (unpaired) electrons. The van der Waals surface area contributed by atoms with Gasteiger partial charge in [-0.2, -0.15) is 0 Å². The third-order valence-electron chi connectivity index (χ3n) is 4.57. The minimum atomic E-state index is -0.600. The Hall–Kier alpha value is -2.87. The predicted molar refractivity (Wildman–Crippen MR) is 122 cm³/mol. The fraction of sp³-hybridized carbons (Fsp3) is 0.136. The van der Waals surface area contributed by atoms with Crippen molar-refractivity contribution in [2.45, 2.75) is 6.61 Å². The van der Waals surface area contributed by atoms with E-state index in [2.05, 4.69) is 10.3 Å². The van der Waals surface area contributed by atoms with Crippen LogP contribution in [0.25, 0.3) is 21.0 Å². The van der Waals surface area contributed by atoms with E-state index in [4.69, 9.17) is 32.7 Å². The van der Waals surface area contributed by atoms with Crippen LogP contribution in [0, 0.1) is 0 Å². The van der Waals surface area contributed by atoms with Crippen LogP contribution in [0.4, 0.5) is 0 Å². The van der Waals surface area contributed by atoms with E-state index in [1.54, 1.807) is 19.2 Å². The van der Waals surface area contributed by atoms with E-state index in [-0.39, 0.29) is 18.3 Å². The van der Waals surface area contributed by atoms with Crippen LogP contribution in [-0.4, -0.2) is 30.5 Å². The molecule has 1 N–H and O–H groups in total. The number of carbonyl (C=O) groups is 2. The molecule has 0 unspecified atom stereocenters. The summed E-state index contributed by atoms with van der Waals surface area (Å²) < 4.78 is 11.3. The molecule has 1 amide bonds. The number of thiophene rings is 1. The molecular weight excluding hydrogens is 459 g/mol. The number of fused-ring (bicyclic) bond motifs is 2. The Kier molecular flexibility index (Phi) is 6.27. The van der Waals surface area contributed by atoms with Crippen LogP contribution >= 0.6 is 34.5 Å². The van der Waals surface area contributed by atoms with Gasteiger partial charge in [0.05, 0.1) is 17.6 Å². The average molecular weight is 475 g/mol. The van der Waals surface area contributed by atoms with Gasteiger partial charge in [-0.05, 0) is 24.3 Å². The number of pyridine rings is 1. The first-order valence-electron chi connectivity index (χ1n) is 9.20. The summed E-state index contributed by atoms with van der Waals surface area (Å²) in [6.45, 7) is -0.356. The standard InChI is InChI=1S/C22H16Cl2N2O4S/c1-29-14-7-6-12-8-13(21(24)26-16(12)9-14)11-30-18(27)10-25-22(28)20-19(23)15-4-2-3-5-17(15)31-20/h2-9H,10-11H2,1H3,(H,25,28). The first-order chi connectivity index (χ1) is 15.0. The number of rotatable bonds is 6. The zero-order valence-electron chi connectivity index (χ0n) is 16.3. The molecule has 4 aromatic rings. The zero-order chi connectivity index (χ0) is 22.0.